The monoisotopic (exact) mass is 444 g/mol. The van der Waals surface area contributed by atoms with Crippen LogP contribution in [0.25, 0.3) is 22.8 Å². The Hall–Kier alpha value is -2.62. The molecule has 0 aliphatic carbocycles. The van der Waals surface area contributed by atoms with Gasteiger partial charge < -0.3 is 9.42 Å². The van der Waals surface area contributed by atoms with Crippen molar-refractivity contribution in [1.82, 2.24) is 19.8 Å². The highest BCUT2D eigenvalue weighted by molar-refractivity contribution is 7.89. The van der Waals surface area contributed by atoms with Gasteiger partial charge in [0, 0.05) is 18.7 Å². The number of benzene rings is 2. The summed E-state index contributed by atoms with van der Waals surface area (Å²) in [4.78, 5) is 6.62. The van der Waals surface area contributed by atoms with E-state index in [1.807, 2.05) is 0 Å². The van der Waals surface area contributed by atoms with Crippen molar-refractivity contribution in [3.05, 3.63) is 54.3 Å². The number of sulfonamides is 1. The Morgan fingerprint density at radius 1 is 1.16 bits per heavy atom. The number of nitrogens with one attached hydrogen (secondary N) is 1. The molecule has 1 N–H and O–H groups in total. The minimum Gasteiger partial charge on any atom is -0.334 e. The zero-order chi connectivity index (χ0) is 21.8. The molecule has 0 radical (unpaired) electrons. The molecule has 0 unspecified atom stereocenters. The van der Waals surface area contributed by atoms with Gasteiger partial charge in [0.15, 0.2) is 0 Å². The van der Waals surface area contributed by atoms with Gasteiger partial charge >= 0.3 is 0 Å². The van der Waals surface area contributed by atoms with Crippen LogP contribution in [-0.4, -0.2) is 49.6 Å². The van der Waals surface area contributed by atoms with Gasteiger partial charge in [-0.1, -0.05) is 36.3 Å². The molecule has 9 heteroatoms. The normalized spacial score (nSPS) is 15.9. The van der Waals surface area contributed by atoms with Gasteiger partial charge in [-0.15, -0.1) is 0 Å². The quantitative estimate of drug-likeness (QED) is 0.600. The van der Waals surface area contributed by atoms with E-state index in [-0.39, 0.29) is 16.6 Å². The highest BCUT2D eigenvalue weighted by atomic mass is 32.2. The third kappa shape index (κ3) is 5.17. The zero-order valence-electron chi connectivity index (χ0n) is 17.3. The van der Waals surface area contributed by atoms with Crippen LogP contribution in [0, 0.1) is 11.7 Å². The lowest BCUT2D eigenvalue weighted by molar-refractivity contribution is 0.195. The number of hydrogen-bond acceptors (Lipinski definition) is 6. The van der Waals surface area contributed by atoms with Gasteiger partial charge in [-0.2, -0.15) is 4.98 Å². The van der Waals surface area contributed by atoms with E-state index in [9.17, 15) is 12.8 Å². The van der Waals surface area contributed by atoms with Gasteiger partial charge in [0.1, 0.15) is 5.82 Å². The third-order valence-electron chi connectivity index (χ3n) is 5.51. The summed E-state index contributed by atoms with van der Waals surface area (Å²) in [6.45, 7) is 5.21. The van der Waals surface area contributed by atoms with Crippen LogP contribution in [0.2, 0.25) is 0 Å². The summed E-state index contributed by atoms with van der Waals surface area (Å²) in [7, 11) is -3.78. The van der Waals surface area contributed by atoms with E-state index in [4.69, 9.17) is 4.52 Å². The number of nitrogens with zero attached hydrogens (tertiary/aromatic N) is 3. The number of rotatable bonds is 7. The highest BCUT2D eigenvalue weighted by Crippen LogP contribution is 2.28. The zero-order valence-corrected chi connectivity index (χ0v) is 18.1. The molecule has 0 spiro atoms. The van der Waals surface area contributed by atoms with E-state index in [0.29, 0.717) is 24.2 Å². The van der Waals surface area contributed by atoms with E-state index in [2.05, 4.69) is 26.7 Å². The second kappa shape index (κ2) is 9.25. The number of hydrogen-bond donors (Lipinski definition) is 1. The van der Waals surface area contributed by atoms with Crippen molar-refractivity contribution >= 4 is 10.0 Å². The fourth-order valence-electron chi connectivity index (χ4n) is 3.66. The molecular weight excluding hydrogens is 419 g/mol. The van der Waals surface area contributed by atoms with E-state index >= 15 is 0 Å². The van der Waals surface area contributed by atoms with Crippen molar-refractivity contribution in [3.63, 3.8) is 0 Å². The Balaban J connectivity index is 1.50. The summed E-state index contributed by atoms with van der Waals surface area (Å²) in [5.41, 5.74) is 0.751. The summed E-state index contributed by atoms with van der Waals surface area (Å²) in [6, 6.07) is 12.3. The summed E-state index contributed by atoms with van der Waals surface area (Å²) >= 11 is 0. The van der Waals surface area contributed by atoms with Crippen molar-refractivity contribution in [2.45, 2.75) is 24.7 Å². The average molecular weight is 445 g/mol. The van der Waals surface area contributed by atoms with Crippen LogP contribution in [0.15, 0.2) is 57.9 Å². The second-order valence-electron chi connectivity index (χ2n) is 7.85. The molecule has 1 fully saturated rings. The predicted molar refractivity (Wildman–Crippen MR) is 115 cm³/mol. The number of piperidine rings is 1. The first kappa shape index (κ1) is 21.6. The Kier molecular flexibility index (Phi) is 6.45. The first-order valence-electron chi connectivity index (χ1n) is 10.3. The molecule has 3 aromatic rings. The maximum absolute atomic E-state index is 13.5. The van der Waals surface area contributed by atoms with Gasteiger partial charge in [-0.05, 0) is 56.1 Å². The molecule has 2 aromatic carbocycles. The van der Waals surface area contributed by atoms with E-state index in [1.54, 1.807) is 30.3 Å². The van der Waals surface area contributed by atoms with Gasteiger partial charge in [0.25, 0.3) is 5.89 Å². The Bertz CT molecular complexity index is 1140. The van der Waals surface area contributed by atoms with Crippen LogP contribution >= 0.6 is 0 Å². The van der Waals surface area contributed by atoms with Crippen molar-refractivity contribution in [3.8, 4) is 22.8 Å². The lowest BCUT2D eigenvalue weighted by Crippen LogP contribution is -2.39. The molecule has 164 valence electrons. The highest BCUT2D eigenvalue weighted by Gasteiger charge is 2.23. The van der Waals surface area contributed by atoms with Crippen molar-refractivity contribution < 1.29 is 17.3 Å². The van der Waals surface area contributed by atoms with Crippen LogP contribution in [-0.2, 0) is 10.0 Å². The molecule has 0 bridgehead atoms. The van der Waals surface area contributed by atoms with Crippen molar-refractivity contribution in [2.24, 2.45) is 5.92 Å². The smallest absolute Gasteiger partial charge is 0.259 e. The first-order chi connectivity index (χ1) is 14.9. The summed E-state index contributed by atoms with van der Waals surface area (Å²) in [6.07, 6.45) is 2.28. The van der Waals surface area contributed by atoms with Crippen molar-refractivity contribution in [1.29, 1.82) is 0 Å². The van der Waals surface area contributed by atoms with Gasteiger partial charge in [-0.3, -0.25) is 0 Å². The predicted octanol–water partition coefficient (Wildman–Crippen LogP) is 3.55. The summed E-state index contributed by atoms with van der Waals surface area (Å²) in [5, 5.41) is 3.88. The number of likely N-dealkylation sites (tertiary alicyclic amines) is 1. The van der Waals surface area contributed by atoms with Crippen LogP contribution in [0.4, 0.5) is 4.39 Å². The maximum Gasteiger partial charge on any atom is 0.259 e. The van der Waals surface area contributed by atoms with Crippen LogP contribution in [0.5, 0.6) is 0 Å². The molecule has 0 atom stereocenters. The fourth-order valence-corrected chi connectivity index (χ4v) is 4.88. The first-order valence-corrected chi connectivity index (χ1v) is 11.8. The molecule has 7 nitrogen and oxygen atoms in total. The summed E-state index contributed by atoms with van der Waals surface area (Å²) < 4.78 is 47.4. The van der Waals surface area contributed by atoms with Crippen LogP contribution in [0.1, 0.15) is 19.8 Å². The Morgan fingerprint density at radius 3 is 2.71 bits per heavy atom. The minimum atomic E-state index is -3.78. The summed E-state index contributed by atoms with van der Waals surface area (Å²) in [5.74, 6) is 0.560. The van der Waals surface area contributed by atoms with E-state index < -0.39 is 15.8 Å². The Labute approximate surface area is 181 Å². The maximum atomic E-state index is 13.5. The molecule has 4 rings (SSSR count). The topological polar surface area (TPSA) is 88.3 Å². The van der Waals surface area contributed by atoms with Crippen LogP contribution < -0.4 is 4.72 Å². The van der Waals surface area contributed by atoms with Gasteiger partial charge in [0.2, 0.25) is 15.8 Å². The molecule has 2 heterocycles. The van der Waals surface area contributed by atoms with E-state index in [1.165, 1.54) is 18.2 Å². The molecule has 1 aliphatic heterocycles. The lowest BCUT2D eigenvalue weighted by atomic mass is 9.99. The minimum absolute atomic E-state index is 0.0604. The fraction of sp³-hybridized carbons (Fsp3) is 0.364. The lowest BCUT2D eigenvalue weighted by Gasteiger charge is -2.30. The molecule has 31 heavy (non-hydrogen) atoms. The average Bonchev–Trinajstić information content (AvgIpc) is 3.25. The number of aromatic nitrogens is 2. The molecule has 0 amide bonds. The largest absolute Gasteiger partial charge is 0.334 e. The van der Waals surface area contributed by atoms with E-state index in [0.717, 1.165) is 31.8 Å². The molecule has 1 saturated heterocycles. The Morgan fingerprint density at radius 2 is 1.94 bits per heavy atom. The second-order valence-corrected chi connectivity index (χ2v) is 9.59. The van der Waals surface area contributed by atoms with Crippen molar-refractivity contribution in [2.75, 3.05) is 26.2 Å². The standard InChI is InChI=1S/C22H25FN4O3S/c1-16-9-12-27(13-10-16)14-11-24-31(28,29)20-8-3-2-7-19(20)22-25-21(26-30-22)17-5-4-6-18(23)15-17/h2-8,15-16,24H,9-14H2,1H3. The van der Waals surface area contributed by atoms with Crippen LogP contribution in [0.3, 0.4) is 0 Å². The van der Waals surface area contributed by atoms with Gasteiger partial charge in [0.05, 0.1) is 10.5 Å². The van der Waals surface area contributed by atoms with Gasteiger partial charge in [-0.25, -0.2) is 17.5 Å². The molecule has 0 saturated carbocycles. The SMILES string of the molecule is CC1CCN(CCNS(=O)(=O)c2ccccc2-c2nc(-c3cccc(F)c3)no2)CC1. The number of halogens is 1. The molecular formula is C22H25FN4O3S. The molecule has 1 aromatic heterocycles. The molecule has 1 aliphatic rings. The third-order valence-corrected chi connectivity index (χ3v) is 7.03.